The topological polar surface area (TPSA) is 123 Å². The highest BCUT2D eigenvalue weighted by Crippen LogP contribution is 2.28. The van der Waals surface area contributed by atoms with E-state index in [4.69, 9.17) is 10.9 Å². The Morgan fingerprint density at radius 2 is 1.83 bits per heavy atom. The lowest BCUT2D eigenvalue weighted by molar-refractivity contribution is 0.0999. The summed E-state index contributed by atoms with van der Waals surface area (Å²) in [6.45, 7) is 0. The molecule has 0 bridgehead atoms. The lowest BCUT2D eigenvalue weighted by atomic mass is 10.0. The molecule has 2 aromatic carbocycles. The minimum absolute atomic E-state index is 0.0477. The van der Waals surface area contributed by atoms with Crippen molar-refractivity contribution in [3.63, 3.8) is 0 Å². The Morgan fingerprint density at radius 1 is 1.17 bits per heavy atom. The first kappa shape index (κ1) is 12.3. The average Bonchev–Trinajstić information content (AvgIpc) is 2.26. The molecule has 0 radical (unpaired) electrons. The number of fused-ring (bicyclic) bond motifs is 1. The van der Waals surface area contributed by atoms with Gasteiger partial charge < -0.3 is 10.8 Å². The molecule has 0 aliphatic carbocycles. The fourth-order valence-electron chi connectivity index (χ4n) is 1.73. The Balaban J connectivity index is 2.84. The molecule has 0 aliphatic heterocycles. The number of benzene rings is 2. The Bertz CT molecular complexity index is 753. The van der Waals surface area contributed by atoms with Crippen LogP contribution >= 0.6 is 0 Å². The standard InChI is InChI=1S/C11H10N2O4S/c12-11(15)10-8-3-2-7(18(13,16)17)5-6(8)1-4-9(10)14/h1-5,14H,(H2,12,15)(H2,13,16,17). The smallest absolute Gasteiger partial charge is 0.253 e. The van der Waals surface area contributed by atoms with Crippen LogP contribution in [0.25, 0.3) is 10.8 Å². The summed E-state index contributed by atoms with van der Waals surface area (Å²) in [4.78, 5) is 11.2. The summed E-state index contributed by atoms with van der Waals surface area (Å²) < 4.78 is 22.4. The Morgan fingerprint density at radius 3 is 2.39 bits per heavy atom. The number of sulfonamides is 1. The van der Waals surface area contributed by atoms with E-state index in [1.807, 2.05) is 0 Å². The molecule has 2 aromatic rings. The van der Waals surface area contributed by atoms with E-state index in [-0.39, 0.29) is 16.2 Å². The van der Waals surface area contributed by atoms with Gasteiger partial charge in [0, 0.05) is 0 Å². The van der Waals surface area contributed by atoms with E-state index in [1.165, 1.54) is 30.3 Å². The first-order chi connectivity index (χ1) is 8.30. The van der Waals surface area contributed by atoms with E-state index >= 15 is 0 Å². The highest BCUT2D eigenvalue weighted by molar-refractivity contribution is 7.89. The van der Waals surface area contributed by atoms with Gasteiger partial charge in [0.15, 0.2) is 0 Å². The van der Waals surface area contributed by atoms with Gasteiger partial charge in [-0.15, -0.1) is 0 Å². The van der Waals surface area contributed by atoms with E-state index in [2.05, 4.69) is 0 Å². The zero-order valence-corrected chi connectivity index (χ0v) is 9.94. The molecule has 1 amide bonds. The number of phenols is 1. The molecule has 2 rings (SSSR count). The number of hydrogen-bond donors (Lipinski definition) is 3. The minimum atomic E-state index is -3.82. The number of primary amides is 1. The molecule has 0 heterocycles. The first-order valence-corrected chi connectivity index (χ1v) is 6.43. The zero-order valence-electron chi connectivity index (χ0n) is 9.12. The summed E-state index contributed by atoms with van der Waals surface area (Å²) in [5.74, 6) is -1.04. The molecule has 18 heavy (non-hydrogen) atoms. The highest BCUT2D eigenvalue weighted by atomic mass is 32.2. The number of amides is 1. The quantitative estimate of drug-likeness (QED) is 0.722. The van der Waals surface area contributed by atoms with Crippen molar-refractivity contribution in [1.29, 1.82) is 0 Å². The van der Waals surface area contributed by atoms with Gasteiger partial charge in [-0.2, -0.15) is 0 Å². The second-order valence-electron chi connectivity index (χ2n) is 3.75. The lowest BCUT2D eigenvalue weighted by Crippen LogP contribution is -2.13. The summed E-state index contributed by atoms with van der Waals surface area (Å²) in [6.07, 6.45) is 0. The van der Waals surface area contributed by atoms with E-state index in [9.17, 15) is 18.3 Å². The van der Waals surface area contributed by atoms with E-state index in [0.29, 0.717) is 10.8 Å². The summed E-state index contributed by atoms with van der Waals surface area (Å²) in [6, 6.07) is 6.70. The SMILES string of the molecule is NC(=O)c1c(O)ccc2cc(S(N)(=O)=O)ccc12. The number of nitrogens with two attached hydrogens (primary N) is 2. The summed E-state index contributed by atoms with van der Waals surface area (Å²) in [5, 5.41) is 15.4. The highest BCUT2D eigenvalue weighted by Gasteiger charge is 2.14. The van der Waals surface area contributed by atoms with E-state index < -0.39 is 15.9 Å². The van der Waals surface area contributed by atoms with Crippen molar-refractivity contribution in [2.45, 2.75) is 4.90 Å². The normalized spacial score (nSPS) is 11.6. The van der Waals surface area contributed by atoms with Gasteiger partial charge >= 0.3 is 0 Å². The first-order valence-electron chi connectivity index (χ1n) is 4.89. The molecule has 7 heteroatoms. The third kappa shape index (κ3) is 2.01. The second kappa shape index (κ2) is 3.97. The largest absolute Gasteiger partial charge is 0.507 e. The molecular formula is C11H10N2O4S. The van der Waals surface area contributed by atoms with Gasteiger partial charge in [0.1, 0.15) is 5.75 Å². The van der Waals surface area contributed by atoms with Crippen LogP contribution in [-0.2, 0) is 10.0 Å². The monoisotopic (exact) mass is 266 g/mol. The number of primary sulfonamides is 1. The van der Waals surface area contributed by atoms with Crippen LogP contribution in [-0.4, -0.2) is 19.4 Å². The van der Waals surface area contributed by atoms with Gasteiger partial charge in [-0.1, -0.05) is 12.1 Å². The van der Waals surface area contributed by atoms with Crippen molar-refractivity contribution < 1.29 is 18.3 Å². The summed E-state index contributed by atoms with van der Waals surface area (Å²) in [5.41, 5.74) is 5.11. The van der Waals surface area contributed by atoms with Crippen molar-refractivity contribution in [1.82, 2.24) is 0 Å². The van der Waals surface area contributed by atoms with Gasteiger partial charge in [-0.05, 0) is 29.0 Å². The Hall–Kier alpha value is -2.12. The van der Waals surface area contributed by atoms with E-state index in [1.54, 1.807) is 0 Å². The molecule has 0 fully saturated rings. The maximum atomic E-state index is 11.2. The summed E-state index contributed by atoms with van der Waals surface area (Å²) in [7, 11) is -3.82. The van der Waals surface area contributed by atoms with Crippen molar-refractivity contribution in [3.8, 4) is 5.75 Å². The molecule has 0 saturated heterocycles. The molecule has 0 aromatic heterocycles. The maximum absolute atomic E-state index is 11.2. The van der Waals surface area contributed by atoms with Crippen LogP contribution in [0.2, 0.25) is 0 Å². The lowest BCUT2D eigenvalue weighted by Gasteiger charge is -2.07. The maximum Gasteiger partial charge on any atom is 0.253 e. The molecule has 5 N–H and O–H groups in total. The van der Waals surface area contributed by atoms with Crippen molar-refractivity contribution >= 4 is 26.7 Å². The fourth-order valence-corrected chi connectivity index (χ4v) is 2.28. The average molecular weight is 266 g/mol. The van der Waals surface area contributed by atoms with Gasteiger partial charge in [-0.3, -0.25) is 4.79 Å². The molecule has 6 nitrogen and oxygen atoms in total. The molecule has 0 aliphatic rings. The third-order valence-corrected chi connectivity index (χ3v) is 3.46. The van der Waals surface area contributed by atoms with Crippen molar-refractivity contribution in [2.75, 3.05) is 0 Å². The zero-order chi connectivity index (χ0) is 13.5. The Kier molecular flexibility index (Phi) is 2.72. The number of carbonyl (C=O) groups excluding carboxylic acids is 1. The van der Waals surface area contributed by atoms with Crippen LogP contribution in [0.5, 0.6) is 5.75 Å². The van der Waals surface area contributed by atoms with E-state index in [0.717, 1.165) is 0 Å². The molecule has 0 saturated carbocycles. The van der Waals surface area contributed by atoms with Gasteiger partial charge in [0.2, 0.25) is 10.0 Å². The molecule has 94 valence electrons. The van der Waals surface area contributed by atoms with Gasteiger partial charge in [0.05, 0.1) is 10.5 Å². The van der Waals surface area contributed by atoms with Crippen molar-refractivity contribution in [3.05, 3.63) is 35.9 Å². The van der Waals surface area contributed by atoms with Crippen LogP contribution in [0.4, 0.5) is 0 Å². The van der Waals surface area contributed by atoms with Gasteiger partial charge in [0.25, 0.3) is 5.91 Å². The van der Waals surface area contributed by atoms with Crippen LogP contribution in [0.1, 0.15) is 10.4 Å². The molecule has 0 unspecified atom stereocenters. The Labute approximate surface area is 103 Å². The van der Waals surface area contributed by atoms with Gasteiger partial charge in [-0.25, -0.2) is 13.6 Å². The second-order valence-corrected chi connectivity index (χ2v) is 5.31. The summed E-state index contributed by atoms with van der Waals surface area (Å²) >= 11 is 0. The van der Waals surface area contributed by atoms with Crippen LogP contribution in [0.3, 0.4) is 0 Å². The predicted octanol–water partition coefficient (Wildman–Crippen LogP) is 0.292. The predicted molar refractivity (Wildman–Crippen MR) is 65.5 cm³/mol. The third-order valence-electron chi connectivity index (χ3n) is 2.54. The number of aromatic hydroxyl groups is 1. The number of carbonyl (C=O) groups is 1. The number of hydrogen-bond acceptors (Lipinski definition) is 4. The van der Waals surface area contributed by atoms with Crippen LogP contribution in [0.15, 0.2) is 35.2 Å². The molecule has 0 atom stereocenters. The molecule has 0 spiro atoms. The number of rotatable bonds is 2. The minimum Gasteiger partial charge on any atom is -0.507 e. The fraction of sp³-hybridized carbons (Fsp3) is 0. The van der Waals surface area contributed by atoms with Crippen LogP contribution < -0.4 is 10.9 Å². The van der Waals surface area contributed by atoms with Crippen LogP contribution in [0, 0.1) is 0 Å². The molecular weight excluding hydrogens is 256 g/mol. The van der Waals surface area contributed by atoms with Crippen molar-refractivity contribution in [2.24, 2.45) is 10.9 Å².